The molecule has 0 radical (unpaired) electrons. The van der Waals surface area contributed by atoms with Gasteiger partial charge in [-0.1, -0.05) is 51.9 Å². The molecule has 0 aliphatic rings. The van der Waals surface area contributed by atoms with Crippen LogP contribution in [0.3, 0.4) is 0 Å². The van der Waals surface area contributed by atoms with E-state index < -0.39 is 0 Å². The van der Waals surface area contributed by atoms with Crippen molar-refractivity contribution in [2.75, 3.05) is 5.88 Å². The van der Waals surface area contributed by atoms with Crippen LogP contribution in [0.15, 0.2) is 16.5 Å². The van der Waals surface area contributed by atoms with Crippen molar-refractivity contribution < 1.29 is 4.42 Å². The van der Waals surface area contributed by atoms with Gasteiger partial charge in [0, 0.05) is 18.7 Å². The molecule has 0 atom stereocenters. The molecular weight excluding hydrogens is 268 g/mol. The highest BCUT2D eigenvalue weighted by molar-refractivity contribution is 6.17. The molecule has 0 saturated heterocycles. The highest BCUT2D eigenvalue weighted by Crippen LogP contribution is 2.15. The number of rotatable bonds is 13. The van der Waals surface area contributed by atoms with Crippen LogP contribution in [0.1, 0.15) is 82.7 Å². The zero-order valence-corrected chi connectivity index (χ0v) is 13.9. The zero-order valence-electron chi connectivity index (χ0n) is 13.1. The van der Waals surface area contributed by atoms with E-state index in [1.54, 1.807) is 0 Å². The monoisotopic (exact) mass is 298 g/mol. The van der Waals surface area contributed by atoms with Crippen molar-refractivity contribution in [2.24, 2.45) is 0 Å². The summed E-state index contributed by atoms with van der Waals surface area (Å²) >= 11 is 5.67. The molecule has 0 spiro atoms. The van der Waals surface area contributed by atoms with Crippen molar-refractivity contribution in [3.05, 3.63) is 23.7 Å². The summed E-state index contributed by atoms with van der Waals surface area (Å²) in [5, 5.41) is 0. The Morgan fingerprint density at radius 1 is 0.750 bits per heavy atom. The molecule has 0 fully saturated rings. The number of furan rings is 1. The predicted molar refractivity (Wildman–Crippen MR) is 88.7 cm³/mol. The Kier molecular flexibility index (Phi) is 10.9. The fourth-order valence-corrected chi connectivity index (χ4v) is 2.71. The molecule has 1 heterocycles. The molecule has 116 valence electrons. The van der Waals surface area contributed by atoms with Crippen molar-refractivity contribution in [3.8, 4) is 0 Å². The largest absolute Gasteiger partial charge is 0.466 e. The number of unbranched alkanes of at least 4 members (excludes halogenated alkanes) is 8. The average molecular weight is 299 g/mol. The Morgan fingerprint density at radius 2 is 1.25 bits per heavy atom. The molecule has 0 aromatic carbocycles. The molecule has 0 amide bonds. The molecule has 1 nitrogen and oxygen atoms in total. The number of alkyl halides is 1. The van der Waals surface area contributed by atoms with E-state index in [-0.39, 0.29) is 0 Å². The molecule has 0 N–H and O–H groups in total. The second-order valence-electron chi connectivity index (χ2n) is 5.74. The van der Waals surface area contributed by atoms with Gasteiger partial charge in [-0.15, -0.1) is 11.6 Å². The van der Waals surface area contributed by atoms with E-state index in [0.29, 0.717) is 0 Å². The van der Waals surface area contributed by atoms with Gasteiger partial charge in [0.15, 0.2) is 0 Å². The van der Waals surface area contributed by atoms with Gasteiger partial charge < -0.3 is 4.42 Å². The average Bonchev–Trinajstić information content (AvgIpc) is 2.90. The fourth-order valence-electron chi connectivity index (χ4n) is 2.52. The second-order valence-corrected chi connectivity index (χ2v) is 6.12. The lowest BCUT2D eigenvalue weighted by Gasteiger charge is -2.00. The summed E-state index contributed by atoms with van der Waals surface area (Å²) < 4.78 is 5.89. The van der Waals surface area contributed by atoms with Gasteiger partial charge in [0.2, 0.25) is 0 Å². The fraction of sp³-hybridized carbons (Fsp3) is 0.778. The molecule has 0 aliphatic heterocycles. The molecule has 0 unspecified atom stereocenters. The maximum absolute atomic E-state index is 5.89. The lowest BCUT2D eigenvalue weighted by atomic mass is 10.1. The van der Waals surface area contributed by atoms with E-state index >= 15 is 0 Å². The summed E-state index contributed by atoms with van der Waals surface area (Å²) in [5.74, 6) is 3.17. The molecule has 0 bridgehead atoms. The van der Waals surface area contributed by atoms with Crippen molar-refractivity contribution >= 4 is 11.6 Å². The van der Waals surface area contributed by atoms with Crippen LogP contribution < -0.4 is 0 Å². The van der Waals surface area contributed by atoms with Crippen molar-refractivity contribution in [1.82, 2.24) is 0 Å². The second kappa shape index (κ2) is 12.3. The topological polar surface area (TPSA) is 13.1 Å². The molecule has 2 heteroatoms. The third-order valence-corrected chi connectivity index (χ3v) is 4.07. The quantitative estimate of drug-likeness (QED) is 0.298. The summed E-state index contributed by atoms with van der Waals surface area (Å²) in [4.78, 5) is 0. The molecule has 1 aromatic heterocycles. The Morgan fingerprint density at radius 3 is 1.80 bits per heavy atom. The first-order chi connectivity index (χ1) is 9.86. The van der Waals surface area contributed by atoms with Crippen LogP contribution in [-0.4, -0.2) is 5.88 Å². The third-order valence-electron chi connectivity index (χ3n) is 3.80. The van der Waals surface area contributed by atoms with Crippen LogP contribution in [0.25, 0.3) is 0 Å². The van der Waals surface area contributed by atoms with Crippen LogP contribution in [0, 0.1) is 0 Å². The zero-order chi connectivity index (χ0) is 14.5. The predicted octanol–water partition coefficient (Wildman–Crippen LogP) is 6.52. The molecular formula is C18H31ClO. The van der Waals surface area contributed by atoms with Crippen molar-refractivity contribution in [1.29, 1.82) is 0 Å². The normalized spacial score (nSPS) is 11.1. The maximum atomic E-state index is 5.89. The standard InChI is InChI=1S/C18H31ClO/c1-2-3-4-9-12-17-14-15-18(20-17)13-10-7-5-6-8-11-16-19/h14-15H,2-13,16H2,1H3. The SMILES string of the molecule is CCCCCCc1ccc(CCCCCCCCCl)o1. The maximum Gasteiger partial charge on any atom is 0.104 e. The lowest BCUT2D eigenvalue weighted by molar-refractivity contribution is 0.446. The first kappa shape index (κ1) is 17.6. The smallest absolute Gasteiger partial charge is 0.104 e. The number of halogens is 1. The summed E-state index contributed by atoms with van der Waals surface area (Å²) in [6, 6.07) is 4.34. The third kappa shape index (κ3) is 8.68. The van der Waals surface area contributed by atoms with Crippen molar-refractivity contribution in [2.45, 2.75) is 84.0 Å². The van der Waals surface area contributed by atoms with Gasteiger partial charge in [0.05, 0.1) is 0 Å². The molecule has 1 rings (SSSR count). The number of aryl methyl sites for hydroxylation is 2. The van der Waals surface area contributed by atoms with Crippen LogP contribution >= 0.6 is 11.6 Å². The Balaban J connectivity index is 2.02. The molecule has 0 saturated carbocycles. The summed E-state index contributed by atoms with van der Waals surface area (Å²) in [6.07, 6.45) is 15.1. The van der Waals surface area contributed by atoms with E-state index in [1.165, 1.54) is 75.7 Å². The Labute approximate surface area is 130 Å². The van der Waals surface area contributed by atoms with Crippen LogP contribution in [-0.2, 0) is 12.8 Å². The van der Waals surface area contributed by atoms with E-state index in [4.69, 9.17) is 16.0 Å². The Hall–Kier alpha value is -0.430. The highest BCUT2D eigenvalue weighted by atomic mass is 35.5. The minimum atomic E-state index is 0.813. The first-order valence-electron chi connectivity index (χ1n) is 8.50. The van der Waals surface area contributed by atoms with Crippen LogP contribution in [0.2, 0.25) is 0 Å². The van der Waals surface area contributed by atoms with Gasteiger partial charge in [-0.3, -0.25) is 0 Å². The van der Waals surface area contributed by atoms with Crippen LogP contribution in [0.4, 0.5) is 0 Å². The van der Waals surface area contributed by atoms with Crippen molar-refractivity contribution in [3.63, 3.8) is 0 Å². The van der Waals surface area contributed by atoms with E-state index in [9.17, 15) is 0 Å². The summed E-state index contributed by atoms with van der Waals surface area (Å²) in [6.45, 7) is 2.25. The Bertz CT molecular complexity index is 319. The minimum absolute atomic E-state index is 0.813. The van der Waals surface area contributed by atoms with E-state index in [0.717, 1.165) is 18.7 Å². The molecule has 1 aromatic rings. The van der Waals surface area contributed by atoms with Gasteiger partial charge >= 0.3 is 0 Å². The first-order valence-corrected chi connectivity index (χ1v) is 9.03. The number of hydrogen-bond acceptors (Lipinski definition) is 1. The summed E-state index contributed by atoms with van der Waals surface area (Å²) in [5.41, 5.74) is 0. The van der Waals surface area contributed by atoms with Gasteiger partial charge in [0.25, 0.3) is 0 Å². The number of hydrogen-bond donors (Lipinski definition) is 0. The molecule has 20 heavy (non-hydrogen) atoms. The van der Waals surface area contributed by atoms with Gasteiger partial charge in [0.1, 0.15) is 11.5 Å². The van der Waals surface area contributed by atoms with Gasteiger partial charge in [-0.2, -0.15) is 0 Å². The highest BCUT2D eigenvalue weighted by Gasteiger charge is 2.02. The molecule has 0 aliphatic carbocycles. The van der Waals surface area contributed by atoms with Gasteiger partial charge in [-0.25, -0.2) is 0 Å². The minimum Gasteiger partial charge on any atom is -0.466 e. The van der Waals surface area contributed by atoms with Crippen LogP contribution in [0.5, 0.6) is 0 Å². The van der Waals surface area contributed by atoms with E-state index in [1.807, 2.05) is 0 Å². The summed E-state index contributed by atoms with van der Waals surface area (Å²) in [7, 11) is 0. The van der Waals surface area contributed by atoms with E-state index in [2.05, 4.69) is 19.1 Å². The lowest BCUT2D eigenvalue weighted by Crippen LogP contribution is -1.85. The van der Waals surface area contributed by atoms with Gasteiger partial charge in [-0.05, 0) is 31.4 Å².